The molecule has 5 heteroatoms. The third-order valence-corrected chi connectivity index (χ3v) is 3.83. The number of hydrogen-bond acceptors (Lipinski definition) is 3. The van der Waals surface area contributed by atoms with Crippen molar-refractivity contribution in [2.75, 3.05) is 13.2 Å². The van der Waals surface area contributed by atoms with Crippen LogP contribution in [0, 0.1) is 6.92 Å². The first-order valence-electron chi connectivity index (χ1n) is 7.96. The van der Waals surface area contributed by atoms with E-state index in [9.17, 15) is 4.79 Å². The molecule has 1 aliphatic heterocycles. The first-order chi connectivity index (χ1) is 10.6. The van der Waals surface area contributed by atoms with Crippen LogP contribution < -0.4 is 15.4 Å². The number of amides is 2. The van der Waals surface area contributed by atoms with Gasteiger partial charge in [0.05, 0.1) is 13.2 Å². The second-order valence-corrected chi connectivity index (χ2v) is 5.85. The topological polar surface area (TPSA) is 59.6 Å². The first kappa shape index (κ1) is 16.6. The Kier molecular flexibility index (Phi) is 6.07. The summed E-state index contributed by atoms with van der Waals surface area (Å²) in [6, 6.07) is 6.07. The SMILES string of the molecule is CC[C@@H](C)NC(=O)NCc1ccc(C)cc1O[C@H]1CCOC1. The number of carbonyl (C=O) groups is 1. The van der Waals surface area contributed by atoms with Crippen LogP contribution in [0.25, 0.3) is 0 Å². The molecule has 0 unspecified atom stereocenters. The number of aryl methyl sites for hydroxylation is 1. The van der Waals surface area contributed by atoms with E-state index in [-0.39, 0.29) is 18.2 Å². The maximum Gasteiger partial charge on any atom is 0.315 e. The third-order valence-electron chi connectivity index (χ3n) is 3.83. The van der Waals surface area contributed by atoms with Gasteiger partial charge < -0.3 is 20.1 Å². The Morgan fingerprint density at radius 2 is 2.32 bits per heavy atom. The monoisotopic (exact) mass is 306 g/mol. The van der Waals surface area contributed by atoms with Crippen LogP contribution in [0.2, 0.25) is 0 Å². The summed E-state index contributed by atoms with van der Waals surface area (Å²) in [5.74, 6) is 0.833. The highest BCUT2D eigenvalue weighted by Gasteiger charge is 2.19. The van der Waals surface area contributed by atoms with Gasteiger partial charge in [0.15, 0.2) is 0 Å². The third kappa shape index (κ3) is 4.91. The van der Waals surface area contributed by atoms with E-state index < -0.39 is 0 Å². The summed E-state index contributed by atoms with van der Waals surface area (Å²) >= 11 is 0. The fraction of sp³-hybridized carbons (Fsp3) is 0.588. The highest BCUT2D eigenvalue weighted by Crippen LogP contribution is 2.23. The molecule has 1 saturated heterocycles. The van der Waals surface area contributed by atoms with E-state index >= 15 is 0 Å². The van der Waals surface area contributed by atoms with E-state index in [0.29, 0.717) is 13.2 Å². The standard InChI is InChI=1S/C17H26N2O3/c1-4-13(3)19-17(20)18-10-14-6-5-12(2)9-16(14)22-15-7-8-21-11-15/h5-6,9,13,15H,4,7-8,10-11H2,1-3H3,(H2,18,19,20)/t13-,15+/m1/s1. The Labute approximate surface area is 132 Å². The van der Waals surface area contributed by atoms with Crippen molar-refractivity contribution in [2.24, 2.45) is 0 Å². The Morgan fingerprint density at radius 3 is 3.00 bits per heavy atom. The van der Waals surface area contributed by atoms with E-state index in [0.717, 1.165) is 36.3 Å². The zero-order chi connectivity index (χ0) is 15.9. The van der Waals surface area contributed by atoms with Crippen molar-refractivity contribution < 1.29 is 14.3 Å². The summed E-state index contributed by atoms with van der Waals surface area (Å²) in [5, 5.41) is 5.78. The van der Waals surface area contributed by atoms with Gasteiger partial charge in [-0.3, -0.25) is 0 Å². The van der Waals surface area contributed by atoms with Crippen molar-refractivity contribution in [1.82, 2.24) is 10.6 Å². The van der Waals surface area contributed by atoms with Crippen molar-refractivity contribution in [3.8, 4) is 5.75 Å². The zero-order valence-corrected chi connectivity index (χ0v) is 13.6. The predicted octanol–water partition coefficient (Wildman–Crippen LogP) is 2.76. The summed E-state index contributed by atoms with van der Waals surface area (Å²) in [6.45, 7) is 7.90. The molecule has 0 saturated carbocycles. The molecule has 0 aliphatic carbocycles. The smallest absolute Gasteiger partial charge is 0.315 e. The van der Waals surface area contributed by atoms with Crippen LogP contribution in [0.4, 0.5) is 4.79 Å². The van der Waals surface area contributed by atoms with Gasteiger partial charge in [-0.2, -0.15) is 0 Å². The van der Waals surface area contributed by atoms with Crippen molar-refractivity contribution in [3.63, 3.8) is 0 Å². The molecule has 1 aliphatic rings. The molecule has 1 fully saturated rings. The molecule has 0 radical (unpaired) electrons. The summed E-state index contributed by atoms with van der Waals surface area (Å²) in [4.78, 5) is 11.8. The molecule has 2 atom stereocenters. The lowest BCUT2D eigenvalue weighted by molar-refractivity contribution is 0.140. The average molecular weight is 306 g/mol. The molecule has 0 spiro atoms. The van der Waals surface area contributed by atoms with Gasteiger partial charge in [-0.1, -0.05) is 19.1 Å². The molecule has 22 heavy (non-hydrogen) atoms. The molecule has 5 nitrogen and oxygen atoms in total. The van der Waals surface area contributed by atoms with Crippen molar-refractivity contribution in [2.45, 2.75) is 52.3 Å². The fourth-order valence-corrected chi connectivity index (χ4v) is 2.26. The lowest BCUT2D eigenvalue weighted by Gasteiger charge is -2.17. The highest BCUT2D eigenvalue weighted by molar-refractivity contribution is 5.74. The zero-order valence-electron chi connectivity index (χ0n) is 13.6. The minimum Gasteiger partial charge on any atom is -0.488 e. The Morgan fingerprint density at radius 1 is 1.50 bits per heavy atom. The minimum atomic E-state index is -0.148. The molecular formula is C17H26N2O3. The first-order valence-corrected chi connectivity index (χ1v) is 7.96. The van der Waals surface area contributed by atoms with Crippen molar-refractivity contribution >= 4 is 6.03 Å². The Hall–Kier alpha value is -1.75. The number of ether oxygens (including phenoxy) is 2. The largest absolute Gasteiger partial charge is 0.488 e. The maximum absolute atomic E-state index is 11.8. The van der Waals surface area contributed by atoms with Crippen molar-refractivity contribution in [1.29, 1.82) is 0 Å². The molecule has 0 bridgehead atoms. The summed E-state index contributed by atoms with van der Waals surface area (Å²) in [7, 11) is 0. The number of rotatable bonds is 6. The molecule has 1 heterocycles. The van der Waals surface area contributed by atoms with Crippen LogP contribution in [0.5, 0.6) is 5.75 Å². The van der Waals surface area contributed by atoms with E-state index in [1.165, 1.54) is 0 Å². The van der Waals surface area contributed by atoms with Crippen LogP contribution in [0.1, 0.15) is 37.8 Å². The van der Waals surface area contributed by atoms with Gasteiger partial charge in [-0.15, -0.1) is 0 Å². The summed E-state index contributed by atoms with van der Waals surface area (Å²) in [5.41, 5.74) is 2.12. The van der Waals surface area contributed by atoms with Crippen molar-refractivity contribution in [3.05, 3.63) is 29.3 Å². The van der Waals surface area contributed by atoms with Gasteiger partial charge in [0.1, 0.15) is 11.9 Å². The maximum atomic E-state index is 11.8. The Balaban J connectivity index is 1.95. The second kappa shape index (κ2) is 8.03. The molecule has 122 valence electrons. The van der Waals surface area contributed by atoms with Crippen LogP contribution in [-0.4, -0.2) is 31.4 Å². The summed E-state index contributed by atoms with van der Waals surface area (Å²) in [6.07, 6.45) is 1.93. The fourth-order valence-electron chi connectivity index (χ4n) is 2.26. The molecular weight excluding hydrogens is 280 g/mol. The van der Waals surface area contributed by atoms with E-state index in [2.05, 4.69) is 10.6 Å². The van der Waals surface area contributed by atoms with Gasteiger partial charge in [0.25, 0.3) is 0 Å². The van der Waals surface area contributed by atoms with E-state index in [1.54, 1.807) is 0 Å². The van der Waals surface area contributed by atoms with Gasteiger partial charge >= 0.3 is 6.03 Å². The minimum absolute atomic E-state index is 0.106. The molecule has 2 amide bonds. The van der Waals surface area contributed by atoms with E-state index in [4.69, 9.17) is 9.47 Å². The van der Waals surface area contributed by atoms with Gasteiger partial charge in [-0.25, -0.2) is 4.79 Å². The molecule has 1 aromatic carbocycles. The number of nitrogens with one attached hydrogen (secondary N) is 2. The molecule has 2 N–H and O–H groups in total. The van der Waals surface area contributed by atoms with Gasteiger partial charge in [0, 0.05) is 24.6 Å². The predicted molar refractivity (Wildman–Crippen MR) is 86.2 cm³/mol. The number of urea groups is 1. The van der Waals surface area contributed by atoms with Gasteiger partial charge in [0.2, 0.25) is 0 Å². The summed E-state index contributed by atoms with van der Waals surface area (Å²) < 4.78 is 11.4. The van der Waals surface area contributed by atoms with Crippen LogP contribution >= 0.6 is 0 Å². The quantitative estimate of drug-likeness (QED) is 0.849. The van der Waals surface area contributed by atoms with Crippen LogP contribution in [0.15, 0.2) is 18.2 Å². The lowest BCUT2D eigenvalue weighted by atomic mass is 10.1. The van der Waals surface area contributed by atoms with Gasteiger partial charge in [-0.05, 0) is 31.9 Å². The lowest BCUT2D eigenvalue weighted by Crippen LogP contribution is -2.40. The molecule has 1 aromatic rings. The van der Waals surface area contributed by atoms with Crippen LogP contribution in [-0.2, 0) is 11.3 Å². The average Bonchev–Trinajstić information content (AvgIpc) is 2.99. The molecule has 0 aromatic heterocycles. The Bertz CT molecular complexity index is 499. The number of hydrogen-bond donors (Lipinski definition) is 2. The number of benzene rings is 1. The normalized spacial score (nSPS) is 18.8. The van der Waals surface area contributed by atoms with E-state index in [1.807, 2.05) is 39.0 Å². The highest BCUT2D eigenvalue weighted by atomic mass is 16.5. The second-order valence-electron chi connectivity index (χ2n) is 5.85. The van der Waals surface area contributed by atoms with Crippen LogP contribution in [0.3, 0.4) is 0 Å². The molecule has 2 rings (SSSR count). The number of carbonyl (C=O) groups excluding carboxylic acids is 1.